The van der Waals surface area contributed by atoms with Gasteiger partial charge in [-0.25, -0.2) is 0 Å². The van der Waals surface area contributed by atoms with E-state index >= 15 is 0 Å². The fourth-order valence-corrected chi connectivity index (χ4v) is 5.66. The summed E-state index contributed by atoms with van der Waals surface area (Å²) in [5.41, 5.74) is 1.40. The van der Waals surface area contributed by atoms with Gasteiger partial charge in [0.25, 0.3) is 0 Å². The Kier molecular flexibility index (Phi) is 5.12. The van der Waals surface area contributed by atoms with Crippen LogP contribution in [0.25, 0.3) is 0 Å². The van der Waals surface area contributed by atoms with Crippen LogP contribution in [0.1, 0.15) is 69.8 Å². The van der Waals surface area contributed by atoms with E-state index < -0.39 is 0 Å². The Bertz CT molecular complexity index is 575. The van der Waals surface area contributed by atoms with Crippen LogP contribution in [-0.4, -0.2) is 35.5 Å². The van der Waals surface area contributed by atoms with Crippen LogP contribution in [0, 0.1) is 5.92 Å². The maximum Gasteiger partial charge on any atom is 0.223 e. The molecule has 4 atom stereocenters. The number of rotatable bonds is 5. The zero-order valence-electron chi connectivity index (χ0n) is 15.5. The second-order valence-electron chi connectivity index (χ2n) is 8.40. The van der Waals surface area contributed by atoms with Crippen molar-refractivity contribution in [2.24, 2.45) is 5.92 Å². The number of fused-ring (bicyclic) bond motifs is 2. The van der Waals surface area contributed by atoms with Crippen molar-refractivity contribution in [3.8, 4) is 0 Å². The molecule has 1 amide bonds. The maximum absolute atomic E-state index is 13.1. The predicted octanol–water partition coefficient (Wildman–Crippen LogP) is 4.09. The minimum Gasteiger partial charge on any atom is -0.339 e. The molecule has 0 radical (unpaired) electrons. The predicted molar refractivity (Wildman–Crippen MR) is 101 cm³/mol. The summed E-state index contributed by atoms with van der Waals surface area (Å²) in [6, 6.07) is 12.6. The van der Waals surface area contributed by atoms with Crippen LogP contribution < -0.4 is 5.32 Å². The molecule has 3 heteroatoms. The van der Waals surface area contributed by atoms with Crippen LogP contribution in [0.5, 0.6) is 0 Å². The van der Waals surface area contributed by atoms with E-state index in [1.807, 2.05) is 0 Å². The summed E-state index contributed by atoms with van der Waals surface area (Å²) in [5, 5.41) is 3.70. The minimum absolute atomic E-state index is 0.401. The van der Waals surface area contributed by atoms with Gasteiger partial charge in [0, 0.05) is 37.0 Å². The van der Waals surface area contributed by atoms with Gasteiger partial charge in [-0.1, -0.05) is 37.3 Å². The second-order valence-corrected chi connectivity index (χ2v) is 8.40. The molecule has 3 nitrogen and oxygen atoms in total. The van der Waals surface area contributed by atoms with Gasteiger partial charge in [0.05, 0.1) is 0 Å². The number of likely N-dealkylation sites (tertiary alicyclic amines) is 1. The second kappa shape index (κ2) is 7.49. The summed E-state index contributed by atoms with van der Waals surface area (Å²) in [6.07, 6.45) is 9.24. The third-order valence-corrected chi connectivity index (χ3v) is 6.79. The molecule has 3 fully saturated rings. The normalized spacial score (nSPS) is 32.8. The molecule has 1 N–H and O–H groups in total. The van der Waals surface area contributed by atoms with E-state index in [2.05, 4.69) is 47.5 Å². The molecular weight excluding hydrogens is 308 g/mol. The molecule has 4 unspecified atom stereocenters. The maximum atomic E-state index is 13.1. The van der Waals surface area contributed by atoms with Crippen molar-refractivity contribution in [2.45, 2.75) is 82.3 Å². The summed E-state index contributed by atoms with van der Waals surface area (Å²) >= 11 is 0. The lowest BCUT2D eigenvalue weighted by atomic mass is 9.86. The lowest BCUT2D eigenvalue weighted by molar-refractivity contribution is -0.133. The number of benzene rings is 1. The molecule has 25 heavy (non-hydrogen) atoms. The number of nitrogens with zero attached hydrogens (tertiary/aromatic N) is 1. The molecule has 3 aliphatic heterocycles. The number of hydrogen-bond donors (Lipinski definition) is 1. The number of piperidine rings is 1. The standard InChI is InChI=1S/C22H32N2O/c1-2-20(17-7-4-3-5-8-17)21-9-6-12-24(21)22(25)15-16-13-18-10-11-19(14-16)23-18/h3-5,7-8,16,18-21,23H,2,6,9-15H2,1H3. The molecule has 0 aliphatic carbocycles. The van der Waals surface area contributed by atoms with Gasteiger partial charge >= 0.3 is 0 Å². The Labute approximate surface area is 152 Å². The highest BCUT2D eigenvalue weighted by atomic mass is 16.2. The van der Waals surface area contributed by atoms with Gasteiger partial charge in [0.1, 0.15) is 0 Å². The summed E-state index contributed by atoms with van der Waals surface area (Å²) in [5.74, 6) is 1.50. The van der Waals surface area contributed by atoms with E-state index in [4.69, 9.17) is 0 Å². The molecule has 0 spiro atoms. The Morgan fingerprint density at radius 2 is 1.88 bits per heavy atom. The number of carbonyl (C=O) groups excluding carboxylic acids is 1. The first-order chi connectivity index (χ1) is 12.2. The average Bonchev–Trinajstić information content (AvgIpc) is 3.23. The van der Waals surface area contributed by atoms with Gasteiger partial charge in [-0.2, -0.15) is 0 Å². The highest BCUT2D eigenvalue weighted by Crippen LogP contribution is 2.36. The fourth-order valence-electron chi connectivity index (χ4n) is 5.66. The quantitative estimate of drug-likeness (QED) is 0.875. The largest absolute Gasteiger partial charge is 0.339 e. The first kappa shape index (κ1) is 17.1. The Hall–Kier alpha value is -1.35. The van der Waals surface area contributed by atoms with Gasteiger partial charge < -0.3 is 10.2 Å². The lowest BCUT2D eigenvalue weighted by Crippen LogP contribution is -2.43. The van der Waals surface area contributed by atoms with Crippen LogP contribution in [0.4, 0.5) is 0 Å². The summed E-state index contributed by atoms with van der Waals surface area (Å²) in [7, 11) is 0. The third-order valence-electron chi connectivity index (χ3n) is 6.79. The van der Waals surface area contributed by atoms with Crippen molar-refractivity contribution in [1.29, 1.82) is 0 Å². The van der Waals surface area contributed by atoms with E-state index in [0.29, 0.717) is 35.9 Å². The molecule has 1 aromatic rings. The lowest BCUT2D eigenvalue weighted by Gasteiger charge is -2.34. The van der Waals surface area contributed by atoms with Gasteiger partial charge in [-0.15, -0.1) is 0 Å². The highest BCUT2D eigenvalue weighted by molar-refractivity contribution is 5.77. The fraction of sp³-hybridized carbons (Fsp3) is 0.682. The van der Waals surface area contributed by atoms with E-state index in [0.717, 1.165) is 32.2 Å². The van der Waals surface area contributed by atoms with Crippen molar-refractivity contribution in [2.75, 3.05) is 6.54 Å². The van der Waals surface area contributed by atoms with Crippen LogP contribution in [-0.2, 0) is 4.79 Å². The summed E-state index contributed by atoms with van der Waals surface area (Å²) in [4.78, 5) is 15.4. The third kappa shape index (κ3) is 3.62. The van der Waals surface area contributed by atoms with E-state index in [-0.39, 0.29) is 0 Å². The van der Waals surface area contributed by atoms with Crippen molar-refractivity contribution in [3.63, 3.8) is 0 Å². The van der Waals surface area contributed by atoms with Gasteiger partial charge in [-0.3, -0.25) is 4.79 Å². The van der Waals surface area contributed by atoms with Crippen LogP contribution in [0.2, 0.25) is 0 Å². The zero-order valence-corrected chi connectivity index (χ0v) is 15.5. The summed E-state index contributed by atoms with van der Waals surface area (Å²) in [6.45, 7) is 3.23. The number of nitrogens with one attached hydrogen (secondary N) is 1. The number of carbonyl (C=O) groups is 1. The van der Waals surface area contributed by atoms with Crippen LogP contribution >= 0.6 is 0 Å². The zero-order chi connectivity index (χ0) is 17.2. The molecule has 3 heterocycles. The molecule has 1 aromatic carbocycles. The Morgan fingerprint density at radius 3 is 2.56 bits per heavy atom. The van der Waals surface area contributed by atoms with Crippen molar-refractivity contribution in [1.82, 2.24) is 10.2 Å². The van der Waals surface area contributed by atoms with Crippen molar-refractivity contribution in [3.05, 3.63) is 35.9 Å². The minimum atomic E-state index is 0.401. The van der Waals surface area contributed by atoms with E-state index in [1.54, 1.807) is 0 Å². The molecule has 136 valence electrons. The first-order valence-corrected chi connectivity index (χ1v) is 10.3. The molecule has 3 aliphatic rings. The van der Waals surface area contributed by atoms with E-state index in [1.165, 1.54) is 31.2 Å². The Morgan fingerprint density at radius 1 is 1.16 bits per heavy atom. The highest BCUT2D eigenvalue weighted by Gasteiger charge is 2.38. The van der Waals surface area contributed by atoms with Crippen LogP contribution in [0.3, 0.4) is 0 Å². The molecule has 2 bridgehead atoms. The van der Waals surface area contributed by atoms with Gasteiger partial charge in [-0.05, 0) is 56.4 Å². The molecule has 0 saturated carbocycles. The Balaban J connectivity index is 1.42. The molecule has 4 rings (SSSR count). The number of hydrogen-bond acceptors (Lipinski definition) is 2. The smallest absolute Gasteiger partial charge is 0.223 e. The van der Waals surface area contributed by atoms with Gasteiger partial charge in [0.15, 0.2) is 0 Å². The average molecular weight is 341 g/mol. The monoisotopic (exact) mass is 340 g/mol. The molecule has 0 aromatic heterocycles. The summed E-state index contributed by atoms with van der Waals surface area (Å²) < 4.78 is 0. The van der Waals surface area contributed by atoms with Gasteiger partial charge in [0.2, 0.25) is 5.91 Å². The van der Waals surface area contributed by atoms with Crippen LogP contribution in [0.15, 0.2) is 30.3 Å². The van der Waals surface area contributed by atoms with Crippen molar-refractivity contribution >= 4 is 5.91 Å². The topological polar surface area (TPSA) is 32.3 Å². The van der Waals surface area contributed by atoms with Crippen molar-refractivity contribution < 1.29 is 4.79 Å². The molecular formula is C22H32N2O. The number of amides is 1. The molecule has 3 saturated heterocycles. The van der Waals surface area contributed by atoms with E-state index in [9.17, 15) is 4.79 Å². The first-order valence-electron chi connectivity index (χ1n) is 10.3. The SMILES string of the molecule is CCC(c1ccccc1)C1CCCN1C(=O)CC1CC2CCC(C1)N2.